The third-order valence-electron chi connectivity index (χ3n) is 2.30. The van der Waals surface area contributed by atoms with Gasteiger partial charge in [0.2, 0.25) is 0 Å². The Balaban J connectivity index is 2.43. The molecule has 0 fully saturated rings. The molecule has 3 N–H and O–H groups in total. The predicted molar refractivity (Wildman–Crippen MR) is 69.8 cm³/mol. The summed E-state index contributed by atoms with van der Waals surface area (Å²) in [5.41, 5.74) is 1.43. The second kappa shape index (κ2) is 4.59. The molecule has 0 heterocycles. The maximum Gasteiger partial charge on any atom is 0.119 e. The van der Waals surface area contributed by atoms with Crippen LogP contribution in [0.3, 0.4) is 0 Å². The summed E-state index contributed by atoms with van der Waals surface area (Å²) in [7, 11) is 0. The van der Waals surface area contributed by atoms with Gasteiger partial charge in [-0.15, -0.1) is 0 Å². The minimum absolute atomic E-state index is 0.0558. The Kier molecular flexibility index (Phi) is 3.15. The van der Waals surface area contributed by atoms with E-state index >= 15 is 0 Å². The van der Waals surface area contributed by atoms with Crippen molar-refractivity contribution in [3.8, 4) is 11.5 Å². The largest absolute Gasteiger partial charge is 0.508 e. The molecule has 0 atom stereocenters. The Hall–Kier alpha value is -1.81. The van der Waals surface area contributed by atoms with E-state index < -0.39 is 0 Å². The molecule has 0 radical (unpaired) electrons. The van der Waals surface area contributed by atoms with E-state index in [0.29, 0.717) is 11.1 Å². The zero-order valence-corrected chi connectivity index (χ0v) is 10.4. The van der Waals surface area contributed by atoms with Crippen LogP contribution in [-0.2, 0) is 0 Å². The summed E-state index contributed by atoms with van der Waals surface area (Å²) in [6, 6.07) is 11.4. The summed E-state index contributed by atoms with van der Waals surface area (Å²) in [6.45, 7) is 0. The molecule has 0 amide bonds. The van der Waals surface area contributed by atoms with Crippen molar-refractivity contribution in [3.63, 3.8) is 0 Å². The van der Waals surface area contributed by atoms with Gasteiger partial charge in [-0.05, 0) is 24.3 Å². The van der Waals surface area contributed by atoms with Crippen LogP contribution >= 0.6 is 15.9 Å². The molecule has 0 aliphatic carbocycles. The van der Waals surface area contributed by atoms with Crippen molar-refractivity contribution in [1.82, 2.24) is 0 Å². The lowest BCUT2D eigenvalue weighted by Gasteiger charge is -2.06. The monoisotopic (exact) mass is 291 g/mol. The lowest BCUT2D eigenvalue weighted by Crippen LogP contribution is -2.00. The molecule has 2 rings (SSSR count). The molecular weight excluding hydrogens is 282 g/mol. The summed E-state index contributed by atoms with van der Waals surface area (Å²) in [5.74, 6) is -0.112. The van der Waals surface area contributed by atoms with E-state index in [2.05, 4.69) is 15.9 Å². The van der Waals surface area contributed by atoms with E-state index in [9.17, 15) is 10.2 Å². The number of aromatic hydroxyl groups is 2. The van der Waals surface area contributed by atoms with Crippen LogP contribution in [0.2, 0.25) is 0 Å². The molecule has 86 valence electrons. The minimum atomic E-state index is -0.0558. The molecule has 0 aliphatic heterocycles. The van der Waals surface area contributed by atoms with Crippen LogP contribution < -0.4 is 0 Å². The molecule has 0 unspecified atom stereocenters. The van der Waals surface area contributed by atoms with Crippen LogP contribution in [0.4, 0.5) is 0 Å². The van der Waals surface area contributed by atoms with E-state index in [-0.39, 0.29) is 17.2 Å². The highest BCUT2D eigenvalue weighted by molar-refractivity contribution is 9.10. The first-order chi connectivity index (χ1) is 8.06. The number of halogens is 1. The van der Waals surface area contributed by atoms with Crippen LogP contribution in [0.5, 0.6) is 11.5 Å². The predicted octanol–water partition coefficient (Wildman–Crippen LogP) is 3.28. The Labute approximate surface area is 107 Å². The van der Waals surface area contributed by atoms with E-state index in [0.717, 1.165) is 4.47 Å². The normalized spacial score (nSPS) is 10.2. The second-order valence-electron chi connectivity index (χ2n) is 3.62. The third-order valence-corrected chi connectivity index (χ3v) is 2.80. The van der Waals surface area contributed by atoms with Crippen molar-refractivity contribution in [3.05, 3.63) is 58.1 Å². The molecule has 0 saturated carbocycles. The Morgan fingerprint density at radius 1 is 0.941 bits per heavy atom. The quantitative estimate of drug-likeness (QED) is 0.744. The van der Waals surface area contributed by atoms with Gasteiger partial charge in [0.05, 0.1) is 5.71 Å². The Bertz CT molecular complexity index is 561. The van der Waals surface area contributed by atoms with Crippen molar-refractivity contribution >= 4 is 21.6 Å². The number of phenolic OH excluding ortho intramolecular Hbond substituents is 2. The second-order valence-corrected chi connectivity index (χ2v) is 4.54. The number of rotatable bonds is 2. The van der Waals surface area contributed by atoms with Crippen LogP contribution in [0.25, 0.3) is 0 Å². The van der Waals surface area contributed by atoms with Gasteiger partial charge in [0.15, 0.2) is 0 Å². The zero-order valence-electron chi connectivity index (χ0n) is 8.81. The number of phenols is 2. The third kappa shape index (κ3) is 2.65. The molecule has 0 spiro atoms. The summed E-state index contributed by atoms with van der Waals surface area (Å²) in [5, 5.41) is 26.8. The lowest BCUT2D eigenvalue weighted by atomic mass is 10.0. The van der Waals surface area contributed by atoms with Gasteiger partial charge in [-0.3, -0.25) is 5.41 Å². The summed E-state index contributed by atoms with van der Waals surface area (Å²) in [6.07, 6.45) is 0. The maximum atomic E-state index is 9.38. The van der Waals surface area contributed by atoms with Crippen molar-refractivity contribution in [1.29, 1.82) is 5.41 Å². The van der Waals surface area contributed by atoms with Crippen LogP contribution in [0.1, 0.15) is 11.1 Å². The smallest absolute Gasteiger partial charge is 0.119 e. The van der Waals surface area contributed by atoms with Crippen molar-refractivity contribution in [2.24, 2.45) is 0 Å². The molecule has 0 aliphatic rings. The van der Waals surface area contributed by atoms with Crippen LogP contribution in [0, 0.1) is 5.41 Å². The van der Waals surface area contributed by atoms with Crippen LogP contribution in [-0.4, -0.2) is 15.9 Å². The van der Waals surface area contributed by atoms with Crippen molar-refractivity contribution < 1.29 is 10.2 Å². The first-order valence-electron chi connectivity index (χ1n) is 4.94. The zero-order chi connectivity index (χ0) is 12.4. The molecule has 2 aromatic rings. The molecule has 0 aromatic heterocycles. The molecule has 2 aromatic carbocycles. The summed E-state index contributed by atoms with van der Waals surface area (Å²) < 4.78 is 0.879. The standard InChI is InChI=1S/C13H10BrNO2/c14-10-3-1-2-8(4-10)13(15)9-5-11(16)7-12(17)6-9/h1-7,15-17H. The van der Waals surface area contributed by atoms with Gasteiger partial charge in [-0.25, -0.2) is 0 Å². The van der Waals surface area contributed by atoms with Gasteiger partial charge in [0.1, 0.15) is 11.5 Å². The van der Waals surface area contributed by atoms with Gasteiger partial charge >= 0.3 is 0 Å². The number of nitrogens with one attached hydrogen (secondary N) is 1. The van der Waals surface area contributed by atoms with E-state index in [1.54, 1.807) is 6.07 Å². The minimum Gasteiger partial charge on any atom is -0.508 e. The fourth-order valence-electron chi connectivity index (χ4n) is 1.55. The van der Waals surface area contributed by atoms with E-state index in [4.69, 9.17) is 5.41 Å². The molecule has 0 saturated heterocycles. The van der Waals surface area contributed by atoms with Gasteiger partial charge in [0.25, 0.3) is 0 Å². The number of hydrogen-bond donors (Lipinski definition) is 3. The van der Waals surface area contributed by atoms with Crippen LogP contribution in [0.15, 0.2) is 46.9 Å². The average molecular weight is 292 g/mol. The van der Waals surface area contributed by atoms with Crippen molar-refractivity contribution in [2.75, 3.05) is 0 Å². The highest BCUT2D eigenvalue weighted by atomic mass is 79.9. The average Bonchev–Trinajstić information content (AvgIpc) is 2.26. The maximum absolute atomic E-state index is 9.38. The first kappa shape index (κ1) is 11.7. The highest BCUT2D eigenvalue weighted by Gasteiger charge is 2.07. The summed E-state index contributed by atoms with van der Waals surface area (Å²) in [4.78, 5) is 0. The Morgan fingerprint density at radius 2 is 1.59 bits per heavy atom. The number of hydrogen-bond acceptors (Lipinski definition) is 3. The van der Waals surface area contributed by atoms with E-state index in [1.807, 2.05) is 18.2 Å². The van der Waals surface area contributed by atoms with Gasteiger partial charge in [-0.2, -0.15) is 0 Å². The first-order valence-corrected chi connectivity index (χ1v) is 5.73. The van der Waals surface area contributed by atoms with E-state index in [1.165, 1.54) is 18.2 Å². The fraction of sp³-hybridized carbons (Fsp3) is 0. The molecular formula is C13H10BrNO2. The SMILES string of the molecule is N=C(c1cc(O)cc(O)c1)c1cccc(Br)c1. The number of benzene rings is 2. The van der Waals surface area contributed by atoms with Gasteiger partial charge in [-0.1, -0.05) is 28.1 Å². The summed E-state index contributed by atoms with van der Waals surface area (Å²) >= 11 is 3.34. The molecule has 3 nitrogen and oxygen atoms in total. The molecule has 4 heteroatoms. The van der Waals surface area contributed by atoms with Gasteiger partial charge in [0, 0.05) is 21.7 Å². The van der Waals surface area contributed by atoms with Gasteiger partial charge < -0.3 is 10.2 Å². The molecule has 17 heavy (non-hydrogen) atoms. The Morgan fingerprint density at radius 3 is 2.18 bits per heavy atom. The lowest BCUT2D eigenvalue weighted by molar-refractivity contribution is 0.450. The highest BCUT2D eigenvalue weighted by Crippen LogP contribution is 2.23. The molecule has 0 bridgehead atoms. The van der Waals surface area contributed by atoms with Crippen molar-refractivity contribution in [2.45, 2.75) is 0 Å². The fourth-order valence-corrected chi connectivity index (χ4v) is 1.95. The topological polar surface area (TPSA) is 64.3 Å².